The molecule has 29 heavy (non-hydrogen) atoms. The minimum atomic E-state index is -0.208. The van der Waals surface area contributed by atoms with Crippen LogP contribution in [-0.2, 0) is 0 Å². The van der Waals surface area contributed by atoms with Crippen LogP contribution >= 0.6 is 11.6 Å². The predicted molar refractivity (Wildman–Crippen MR) is 115 cm³/mol. The van der Waals surface area contributed by atoms with E-state index >= 15 is 0 Å². The van der Waals surface area contributed by atoms with Gasteiger partial charge in [-0.1, -0.05) is 17.7 Å². The van der Waals surface area contributed by atoms with Crippen molar-refractivity contribution < 1.29 is 9.53 Å². The van der Waals surface area contributed by atoms with Crippen LogP contribution in [0.5, 0.6) is 5.88 Å². The van der Waals surface area contributed by atoms with Crippen LogP contribution in [0.2, 0.25) is 5.02 Å². The Labute approximate surface area is 174 Å². The number of halogens is 1. The first-order chi connectivity index (χ1) is 14.0. The van der Waals surface area contributed by atoms with E-state index in [1.165, 1.54) is 7.11 Å². The van der Waals surface area contributed by atoms with Gasteiger partial charge in [-0.05, 0) is 48.9 Å². The maximum Gasteiger partial charge on any atom is 0.323 e. The zero-order valence-electron chi connectivity index (χ0n) is 16.4. The molecule has 1 N–H and O–H groups in total. The van der Waals surface area contributed by atoms with Crippen molar-refractivity contribution in [2.45, 2.75) is 6.92 Å². The summed E-state index contributed by atoms with van der Waals surface area (Å²) in [6.07, 6.45) is 0. The van der Waals surface area contributed by atoms with Crippen molar-refractivity contribution in [3.8, 4) is 5.88 Å². The highest BCUT2D eigenvalue weighted by molar-refractivity contribution is 6.30. The minimum absolute atomic E-state index is 0.208. The highest BCUT2D eigenvalue weighted by Gasteiger charge is 2.23. The van der Waals surface area contributed by atoms with Crippen molar-refractivity contribution in [3.05, 3.63) is 53.1 Å². The summed E-state index contributed by atoms with van der Waals surface area (Å²) >= 11 is 5.96. The average molecular weight is 412 g/mol. The number of hydrogen-bond donors (Lipinski definition) is 1. The maximum atomic E-state index is 12.8. The van der Waals surface area contributed by atoms with E-state index in [9.17, 15) is 4.79 Å². The van der Waals surface area contributed by atoms with Crippen LogP contribution in [0.4, 0.5) is 16.3 Å². The van der Waals surface area contributed by atoms with Crippen molar-refractivity contribution in [2.24, 2.45) is 0 Å². The lowest BCUT2D eigenvalue weighted by Crippen LogP contribution is -2.50. The van der Waals surface area contributed by atoms with Gasteiger partial charge in [0.05, 0.1) is 18.1 Å². The second-order valence-corrected chi connectivity index (χ2v) is 7.39. The molecular formula is C21H22ClN5O2. The van der Waals surface area contributed by atoms with Gasteiger partial charge in [-0.15, -0.1) is 0 Å². The van der Waals surface area contributed by atoms with E-state index in [0.717, 1.165) is 29.9 Å². The topological polar surface area (TPSA) is 70.6 Å². The SMILES string of the molecule is COc1nc2ccc(C)cc2nc1NC(=O)N1CCN(c2ccc(Cl)cc2)CC1. The Morgan fingerprint density at radius 1 is 1.03 bits per heavy atom. The number of aromatic nitrogens is 2. The molecule has 0 bridgehead atoms. The van der Waals surface area contributed by atoms with Crippen LogP contribution in [0.25, 0.3) is 11.0 Å². The highest BCUT2D eigenvalue weighted by atomic mass is 35.5. The van der Waals surface area contributed by atoms with E-state index in [1.54, 1.807) is 4.90 Å². The van der Waals surface area contributed by atoms with Crippen LogP contribution in [0, 0.1) is 6.92 Å². The molecule has 1 fully saturated rings. The number of methoxy groups -OCH3 is 1. The van der Waals surface area contributed by atoms with Crippen molar-refractivity contribution in [3.63, 3.8) is 0 Å². The standard InChI is InChI=1S/C21H22ClN5O2/c1-14-3-8-17-18(13-14)23-19(20(24-17)29-2)25-21(28)27-11-9-26(10-12-27)16-6-4-15(22)5-7-16/h3-8,13H,9-12H2,1-2H3,(H,23,25,28). The molecule has 3 aromatic rings. The van der Waals surface area contributed by atoms with Gasteiger partial charge >= 0.3 is 6.03 Å². The molecule has 0 atom stereocenters. The van der Waals surface area contributed by atoms with Crippen LogP contribution in [0.3, 0.4) is 0 Å². The number of piperazine rings is 1. The summed E-state index contributed by atoms with van der Waals surface area (Å²) in [5, 5.41) is 3.57. The highest BCUT2D eigenvalue weighted by Crippen LogP contribution is 2.25. The van der Waals surface area contributed by atoms with Crippen LogP contribution < -0.4 is 15.0 Å². The number of nitrogens with one attached hydrogen (secondary N) is 1. The van der Waals surface area contributed by atoms with Gasteiger partial charge in [-0.2, -0.15) is 0 Å². The number of benzene rings is 2. The molecule has 8 heteroatoms. The zero-order valence-corrected chi connectivity index (χ0v) is 17.1. The van der Waals surface area contributed by atoms with Crippen LogP contribution in [0.15, 0.2) is 42.5 Å². The number of carbonyl (C=O) groups is 1. The molecule has 150 valence electrons. The number of rotatable bonds is 3. The number of amides is 2. The molecule has 7 nitrogen and oxygen atoms in total. The summed E-state index contributed by atoms with van der Waals surface area (Å²) in [4.78, 5) is 25.8. The predicted octanol–water partition coefficient (Wildman–Crippen LogP) is 3.95. The Balaban J connectivity index is 1.45. The van der Waals surface area contributed by atoms with Crippen molar-refractivity contribution >= 4 is 40.2 Å². The molecule has 0 aliphatic carbocycles. The maximum absolute atomic E-state index is 12.8. The van der Waals surface area contributed by atoms with Crippen LogP contribution in [-0.4, -0.2) is 54.2 Å². The number of anilines is 2. The molecular weight excluding hydrogens is 390 g/mol. The summed E-state index contributed by atoms with van der Waals surface area (Å²) in [5.41, 5.74) is 3.62. The second-order valence-electron chi connectivity index (χ2n) is 6.95. The van der Waals surface area contributed by atoms with Gasteiger partial charge < -0.3 is 14.5 Å². The van der Waals surface area contributed by atoms with Crippen LogP contribution in [0.1, 0.15) is 5.56 Å². The summed E-state index contributed by atoms with van der Waals surface area (Å²) in [6, 6.07) is 13.3. The molecule has 2 amide bonds. The number of nitrogens with zero attached hydrogens (tertiary/aromatic N) is 4. The monoisotopic (exact) mass is 411 g/mol. The van der Waals surface area contributed by atoms with Gasteiger partial charge in [0, 0.05) is 36.9 Å². The molecule has 1 aliphatic heterocycles. The third kappa shape index (κ3) is 4.19. The summed E-state index contributed by atoms with van der Waals surface area (Å²) in [7, 11) is 1.52. The van der Waals surface area contributed by atoms with Gasteiger partial charge in [0.1, 0.15) is 0 Å². The smallest absolute Gasteiger partial charge is 0.323 e. The lowest BCUT2D eigenvalue weighted by atomic mass is 10.2. The Morgan fingerprint density at radius 2 is 1.76 bits per heavy atom. The lowest BCUT2D eigenvalue weighted by molar-refractivity contribution is 0.208. The van der Waals surface area contributed by atoms with Gasteiger partial charge in [0.15, 0.2) is 5.82 Å². The Hall–Kier alpha value is -3.06. The van der Waals surface area contributed by atoms with E-state index in [2.05, 4.69) is 20.2 Å². The largest absolute Gasteiger partial charge is 0.478 e. The molecule has 2 aromatic carbocycles. The molecule has 2 heterocycles. The molecule has 0 spiro atoms. The molecule has 0 unspecified atom stereocenters. The molecule has 1 saturated heterocycles. The van der Waals surface area contributed by atoms with E-state index < -0.39 is 0 Å². The quantitative estimate of drug-likeness (QED) is 0.706. The van der Waals surface area contributed by atoms with Crippen molar-refractivity contribution in [1.29, 1.82) is 0 Å². The molecule has 1 aromatic heterocycles. The van der Waals surface area contributed by atoms with Crippen molar-refractivity contribution in [1.82, 2.24) is 14.9 Å². The van der Waals surface area contributed by atoms with Gasteiger partial charge in [0.25, 0.3) is 5.88 Å². The first-order valence-electron chi connectivity index (χ1n) is 9.42. The van der Waals surface area contributed by atoms with E-state index in [-0.39, 0.29) is 6.03 Å². The van der Waals surface area contributed by atoms with E-state index in [0.29, 0.717) is 35.3 Å². The van der Waals surface area contributed by atoms with Gasteiger partial charge in [-0.25, -0.2) is 14.8 Å². The number of hydrogen-bond acceptors (Lipinski definition) is 5. The summed E-state index contributed by atoms with van der Waals surface area (Å²) in [6.45, 7) is 4.70. The molecule has 1 aliphatic rings. The summed E-state index contributed by atoms with van der Waals surface area (Å²) in [5.74, 6) is 0.630. The number of fused-ring (bicyclic) bond motifs is 1. The molecule has 0 radical (unpaired) electrons. The first kappa shape index (κ1) is 19.3. The normalized spacial score (nSPS) is 14.2. The number of carbonyl (C=O) groups excluding carboxylic acids is 1. The average Bonchev–Trinajstić information content (AvgIpc) is 2.74. The number of ether oxygens (including phenoxy) is 1. The Kier molecular flexibility index (Phi) is 5.40. The fraction of sp³-hybridized carbons (Fsp3) is 0.286. The van der Waals surface area contributed by atoms with E-state index in [4.69, 9.17) is 16.3 Å². The summed E-state index contributed by atoms with van der Waals surface area (Å²) < 4.78 is 5.33. The minimum Gasteiger partial charge on any atom is -0.478 e. The fourth-order valence-corrected chi connectivity index (χ4v) is 3.50. The number of aryl methyl sites for hydroxylation is 1. The third-order valence-electron chi connectivity index (χ3n) is 4.97. The van der Waals surface area contributed by atoms with Gasteiger partial charge in [0.2, 0.25) is 0 Å². The third-order valence-corrected chi connectivity index (χ3v) is 5.22. The zero-order chi connectivity index (χ0) is 20.4. The lowest BCUT2D eigenvalue weighted by Gasteiger charge is -2.36. The second kappa shape index (κ2) is 8.13. The Bertz CT molecular complexity index is 1030. The molecule has 4 rings (SSSR count). The van der Waals surface area contributed by atoms with Crippen molar-refractivity contribution in [2.75, 3.05) is 43.5 Å². The number of urea groups is 1. The molecule has 0 saturated carbocycles. The van der Waals surface area contributed by atoms with Gasteiger partial charge in [-0.3, -0.25) is 5.32 Å². The fourth-order valence-electron chi connectivity index (χ4n) is 3.37. The Morgan fingerprint density at radius 3 is 2.45 bits per heavy atom. The first-order valence-corrected chi connectivity index (χ1v) is 9.80. The van der Waals surface area contributed by atoms with E-state index in [1.807, 2.05) is 49.4 Å².